The van der Waals surface area contributed by atoms with E-state index in [2.05, 4.69) is 5.32 Å². The van der Waals surface area contributed by atoms with Crippen molar-refractivity contribution >= 4 is 58.3 Å². The molecule has 0 spiro atoms. The monoisotopic (exact) mass is 468 g/mol. The van der Waals surface area contributed by atoms with E-state index in [-0.39, 0.29) is 10.6 Å². The molecule has 0 saturated carbocycles. The molecule has 3 aromatic carbocycles. The number of benzene rings is 3. The van der Waals surface area contributed by atoms with Crippen molar-refractivity contribution in [2.24, 2.45) is 0 Å². The van der Waals surface area contributed by atoms with Crippen LogP contribution in [0.4, 0.5) is 11.4 Å². The van der Waals surface area contributed by atoms with Gasteiger partial charge in [0, 0.05) is 5.02 Å². The fourth-order valence-corrected chi connectivity index (χ4v) is 3.62. The Morgan fingerprint density at radius 3 is 2.09 bits per heavy atom. The number of esters is 1. The summed E-state index contributed by atoms with van der Waals surface area (Å²) in [6.45, 7) is -0.530. The molecule has 0 fully saturated rings. The van der Waals surface area contributed by atoms with E-state index in [9.17, 15) is 19.2 Å². The fraction of sp³-hybridized carbons (Fsp3) is 0.0435. The van der Waals surface area contributed by atoms with E-state index in [0.29, 0.717) is 27.5 Å². The van der Waals surface area contributed by atoms with Gasteiger partial charge in [-0.2, -0.15) is 0 Å². The van der Waals surface area contributed by atoms with Crippen LogP contribution in [0.25, 0.3) is 0 Å². The summed E-state index contributed by atoms with van der Waals surface area (Å²) in [5.41, 5.74) is 1.47. The number of ether oxygens (including phenoxy) is 1. The molecule has 1 aliphatic heterocycles. The second kappa shape index (κ2) is 8.82. The van der Waals surface area contributed by atoms with Crippen molar-refractivity contribution in [1.82, 2.24) is 0 Å². The lowest BCUT2D eigenvalue weighted by Gasteiger charge is -2.14. The van der Waals surface area contributed by atoms with E-state index < -0.39 is 30.3 Å². The van der Waals surface area contributed by atoms with Gasteiger partial charge in [-0.3, -0.25) is 14.4 Å². The Labute approximate surface area is 192 Å². The van der Waals surface area contributed by atoms with Crippen molar-refractivity contribution in [3.8, 4) is 0 Å². The van der Waals surface area contributed by atoms with Gasteiger partial charge in [-0.15, -0.1) is 0 Å². The lowest BCUT2D eigenvalue weighted by Crippen LogP contribution is -2.29. The van der Waals surface area contributed by atoms with Gasteiger partial charge >= 0.3 is 5.97 Å². The number of nitrogens with zero attached hydrogens (tertiary/aromatic N) is 1. The van der Waals surface area contributed by atoms with E-state index in [1.807, 2.05) is 0 Å². The summed E-state index contributed by atoms with van der Waals surface area (Å²) in [6.07, 6.45) is 0. The van der Waals surface area contributed by atoms with Gasteiger partial charge in [0.05, 0.1) is 33.1 Å². The summed E-state index contributed by atoms with van der Waals surface area (Å²) < 4.78 is 5.02. The van der Waals surface area contributed by atoms with Crippen molar-refractivity contribution in [1.29, 1.82) is 0 Å². The highest BCUT2D eigenvalue weighted by atomic mass is 35.5. The summed E-state index contributed by atoms with van der Waals surface area (Å²) in [7, 11) is 0. The number of carbonyl (C=O) groups excluding carboxylic acids is 4. The van der Waals surface area contributed by atoms with Crippen LogP contribution in [0.5, 0.6) is 0 Å². The van der Waals surface area contributed by atoms with Crippen LogP contribution in [-0.2, 0) is 9.53 Å². The lowest BCUT2D eigenvalue weighted by molar-refractivity contribution is -0.119. The molecule has 0 saturated heterocycles. The molecule has 3 amide bonds. The minimum atomic E-state index is -0.740. The Morgan fingerprint density at radius 1 is 0.875 bits per heavy atom. The molecule has 4 rings (SSSR count). The van der Waals surface area contributed by atoms with Crippen LogP contribution < -0.4 is 10.2 Å². The van der Waals surface area contributed by atoms with Gasteiger partial charge in [-0.25, -0.2) is 9.69 Å². The number of amides is 3. The van der Waals surface area contributed by atoms with E-state index in [0.717, 1.165) is 4.90 Å². The van der Waals surface area contributed by atoms with E-state index >= 15 is 0 Å². The van der Waals surface area contributed by atoms with Crippen LogP contribution in [-0.4, -0.2) is 30.3 Å². The predicted molar refractivity (Wildman–Crippen MR) is 119 cm³/mol. The molecular formula is C23H14Cl2N2O5. The van der Waals surface area contributed by atoms with Crippen LogP contribution in [0.1, 0.15) is 31.1 Å². The van der Waals surface area contributed by atoms with Gasteiger partial charge in [-0.05, 0) is 54.6 Å². The van der Waals surface area contributed by atoms with Gasteiger partial charge < -0.3 is 10.1 Å². The molecule has 0 bridgehead atoms. The number of fused-ring (bicyclic) bond motifs is 1. The molecule has 1 N–H and O–H groups in total. The normalized spacial score (nSPS) is 12.5. The molecule has 3 aromatic rings. The van der Waals surface area contributed by atoms with Crippen molar-refractivity contribution in [3.63, 3.8) is 0 Å². The van der Waals surface area contributed by atoms with Gasteiger partial charge in [0.25, 0.3) is 17.7 Å². The Hall–Kier alpha value is -3.68. The van der Waals surface area contributed by atoms with E-state index in [1.54, 1.807) is 30.3 Å². The Morgan fingerprint density at radius 2 is 1.50 bits per heavy atom. The largest absolute Gasteiger partial charge is 0.452 e. The van der Waals surface area contributed by atoms with Gasteiger partial charge in [0.2, 0.25) is 0 Å². The zero-order chi connectivity index (χ0) is 22.8. The molecule has 160 valence electrons. The Balaban J connectivity index is 1.38. The van der Waals surface area contributed by atoms with Gasteiger partial charge in [0.1, 0.15) is 0 Å². The minimum absolute atomic E-state index is 0.155. The first-order valence-corrected chi connectivity index (χ1v) is 10.1. The van der Waals surface area contributed by atoms with Crippen LogP contribution >= 0.6 is 23.2 Å². The molecule has 0 unspecified atom stereocenters. The Kier molecular flexibility index (Phi) is 5.94. The van der Waals surface area contributed by atoms with Gasteiger partial charge in [-0.1, -0.05) is 35.3 Å². The minimum Gasteiger partial charge on any atom is -0.452 e. The second-order valence-electron chi connectivity index (χ2n) is 6.79. The summed E-state index contributed by atoms with van der Waals surface area (Å²) in [4.78, 5) is 50.4. The molecule has 0 radical (unpaired) electrons. The van der Waals surface area contributed by atoms with Crippen molar-refractivity contribution in [2.45, 2.75) is 0 Å². The topological polar surface area (TPSA) is 92.8 Å². The predicted octanol–water partition coefficient (Wildman–Crippen LogP) is 4.59. The first-order chi connectivity index (χ1) is 15.3. The number of nitrogens with one attached hydrogen (secondary N) is 1. The number of hydrogen-bond donors (Lipinski definition) is 1. The van der Waals surface area contributed by atoms with E-state index in [4.69, 9.17) is 27.9 Å². The number of anilines is 2. The zero-order valence-electron chi connectivity index (χ0n) is 16.3. The lowest BCUT2D eigenvalue weighted by atomic mass is 10.1. The maximum atomic E-state index is 12.5. The third kappa shape index (κ3) is 4.21. The van der Waals surface area contributed by atoms with Crippen LogP contribution in [0, 0.1) is 0 Å². The first-order valence-electron chi connectivity index (χ1n) is 9.35. The SMILES string of the molecule is O=C(COC(=O)c1ccc(N2C(=O)c3ccccc3C2=O)cc1)Nc1ccc(Cl)cc1Cl. The second-order valence-corrected chi connectivity index (χ2v) is 7.63. The smallest absolute Gasteiger partial charge is 0.338 e. The van der Waals surface area contributed by atoms with Crippen LogP contribution in [0.3, 0.4) is 0 Å². The number of rotatable bonds is 5. The average molecular weight is 469 g/mol. The highest BCUT2D eigenvalue weighted by Crippen LogP contribution is 2.28. The third-order valence-electron chi connectivity index (χ3n) is 4.69. The number of halogens is 2. The van der Waals surface area contributed by atoms with Gasteiger partial charge in [0.15, 0.2) is 6.61 Å². The summed E-state index contributed by atoms with van der Waals surface area (Å²) >= 11 is 11.8. The molecule has 7 nitrogen and oxygen atoms in total. The first kappa shape index (κ1) is 21.5. The maximum absolute atomic E-state index is 12.5. The molecule has 1 aliphatic rings. The molecule has 0 aromatic heterocycles. The Bertz CT molecular complexity index is 1220. The highest BCUT2D eigenvalue weighted by molar-refractivity contribution is 6.36. The molecule has 0 aliphatic carbocycles. The van der Waals surface area contributed by atoms with Crippen LogP contribution in [0.15, 0.2) is 66.7 Å². The number of hydrogen-bond acceptors (Lipinski definition) is 5. The molecule has 32 heavy (non-hydrogen) atoms. The third-order valence-corrected chi connectivity index (χ3v) is 5.24. The zero-order valence-corrected chi connectivity index (χ0v) is 17.8. The summed E-state index contributed by atoms with van der Waals surface area (Å²) in [6, 6.07) is 16.9. The summed E-state index contributed by atoms with van der Waals surface area (Å²) in [5.74, 6) is -2.18. The average Bonchev–Trinajstić information content (AvgIpc) is 3.04. The van der Waals surface area contributed by atoms with E-state index in [1.165, 1.54) is 36.4 Å². The molecule has 9 heteroatoms. The van der Waals surface area contributed by atoms with Crippen molar-refractivity contribution in [2.75, 3.05) is 16.8 Å². The fourth-order valence-electron chi connectivity index (χ4n) is 3.16. The summed E-state index contributed by atoms with van der Waals surface area (Å²) in [5, 5.41) is 3.19. The van der Waals surface area contributed by atoms with Crippen molar-refractivity contribution < 1.29 is 23.9 Å². The quantitative estimate of drug-likeness (QED) is 0.436. The highest BCUT2D eigenvalue weighted by Gasteiger charge is 2.36. The number of carbonyl (C=O) groups is 4. The molecular weight excluding hydrogens is 455 g/mol. The van der Waals surface area contributed by atoms with Crippen molar-refractivity contribution in [3.05, 3.63) is 93.5 Å². The number of imide groups is 1. The maximum Gasteiger partial charge on any atom is 0.338 e. The molecule has 1 heterocycles. The van der Waals surface area contributed by atoms with Crippen LogP contribution in [0.2, 0.25) is 10.0 Å². The molecule has 0 atom stereocenters. The standard InChI is InChI=1S/C23H14Cl2N2O5/c24-14-7-10-19(18(25)11-14)26-20(28)12-32-23(31)13-5-8-15(9-6-13)27-21(29)16-3-1-2-4-17(16)22(27)30/h1-11H,12H2,(H,26,28).